The summed E-state index contributed by atoms with van der Waals surface area (Å²) in [5, 5.41) is 0. The number of carbonyl (C=O) groups excluding carboxylic acids is 2. The quantitative estimate of drug-likeness (QED) is 0.641. The van der Waals surface area contributed by atoms with E-state index in [1.54, 1.807) is 47.2 Å². The Hall–Kier alpha value is -2.91. The van der Waals surface area contributed by atoms with Gasteiger partial charge in [-0.2, -0.15) is 4.31 Å². The minimum atomic E-state index is -3.73. The third-order valence-electron chi connectivity index (χ3n) is 6.27. The standard InChI is InChI=1S/C24H29N3O5S/c1-32-20-8-5-7-19(17-20)18-23(28)25-13-15-26(16-14-25)24(29)22-11-6-12-27(22)33(30,31)21-9-3-2-4-10-21/h2-5,7-10,17,22H,6,11-16,18H2,1H3. The summed E-state index contributed by atoms with van der Waals surface area (Å²) in [7, 11) is -2.13. The van der Waals surface area contributed by atoms with E-state index in [0.717, 1.165) is 5.56 Å². The van der Waals surface area contributed by atoms with Crippen molar-refractivity contribution in [1.29, 1.82) is 0 Å². The van der Waals surface area contributed by atoms with Gasteiger partial charge in [0.25, 0.3) is 0 Å². The molecule has 2 amide bonds. The van der Waals surface area contributed by atoms with Gasteiger partial charge in [0, 0.05) is 32.7 Å². The molecule has 2 saturated heterocycles. The second kappa shape index (κ2) is 9.93. The molecule has 2 aliphatic rings. The van der Waals surface area contributed by atoms with Crippen LogP contribution in [0.1, 0.15) is 18.4 Å². The predicted octanol–water partition coefficient (Wildman–Crippen LogP) is 1.76. The lowest BCUT2D eigenvalue weighted by molar-refractivity contribution is -0.141. The Balaban J connectivity index is 1.36. The molecule has 2 fully saturated rings. The summed E-state index contributed by atoms with van der Waals surface area (Å²) in [6.45, 7) is 2.02. The van der Waals surface area contributed by atoms with Gasteiger partial charge in [0.05, 0.1) is 18.4 Å². The van der Waals surface area contributed by atoms with Crippen LogP contribution in [0, 0.1) is 0 Å². The Morgan fingerprint density at radius 2 is 1.64 bits per heavy atom. The predicted molar refractivity (Wildman–Crippen MR) is 123 cm³/mol. The summed E-state index contributed by atoms with van der Waals surface area (Å²) in [5.74, 6) is 0.540. The first-order valence-corrected chi connectivity index (χ1v) is 12.6. The minimum absolute atomic E-state index is 0.00417. The van der Waals surface area contributed by atoms with Crippen LogP contribution in [0.2, 0.25) is 0 Å². The van der Waals surface area contributed by atoms with Crippen LogP contribution in [0.25, 0.3) is 0 Å². The van der Waals surface area contributed by atoms with Crippen molar-refractivity contribution < 1.29 is 22.7 Å². The van der Waals surface area contributed by atoms with Gasteiger partial charge < -0.3 is 14.5 Å². The Kier molecular flexibility index (Phi) is 6.99. The largest absolute Gasteiger partial charge is 0.497 e. The fourth-order valence-corrected chi connectivity index (χ4v) is 6.13. The smallest absolute Gasteiger partial charge is 0.243 e. The van der Waals surface area contributed by atoms with Gasteiger partial charge in [-0.3, -0.25) is 9.59 Å². The van der Waals surface area contributed by atoms with Crippen molar-refractivity contribution in [2.75, 3.05) is 39.8 Å². The SMILES string of the molecule is COc1cccc(CC(=O)N2CCN(C(=O)C3CCCN3S(=O)(=O)c3ccccc3)CC2)c1. The topological polar surface area (TPSA) is 87.2 Å². The van der Waals surface area contributed by atoms with Crippen LogP contribution in [0.3, 0.4) is 0 Å². The third kappa shape index (κ3) is 5.04. The minimum Gasteiger partial charge on any atom is -0.497 e. The van der Waals surface area contributed by atoms with Crippen LogP contribution < -0.4 is 4.74 Å². The lowest BCUT2D eigenvalue weighted by Gasteiger charge is -2.37. The highest BCUT2D eigenvalue weighted by Crippen LogP contribution is 2.27. The number of benzene rings is 2. The average Bonchev–Trinajstić information content (AvgIpc) is 3.35. The number of ether oxygens (including phenoxy) is 1. The molecule has 0 aromatic heterocycles. The van der Waals surface area contributed by atoms with Crippen LogP contribution in [0.5, 0.6) is 5.75 Å². The first kappa shape index (κ1) is 23.3. The number of hydrogen-bond acceptors (Lipinski definition) is 5. The number of rotatable bonds is 6. The zero-order valence-corrected chi connectivity index (χ0v) is 19.5. The Morgan fingerprint density at radius 1 is 0.939 bits per heavy atom. The van der Waals surface area contributed by atoms with Gasteiger partial charge in [0.15, 0.2) is 0 Å². The summed E-state index contributed by atoms with van der Waals surface area (Å²) in [6.07, 6.45) is 1.44. The van der Waals surface area contributed by atoms with Gasteiger partial charge in [-0.05, 0) is 42.7 Å². The van der Waals surface area contributed by atoms with Crippen molar-refractivity contribution in [3.05, 3.63) is 60.2 Å². The Bertz CT molecular complexity index is 1100. The molecule has 4 rings (SSSR count). The molecule has 0 aliphatic carbocycles. The normalized spacial score (nSPS) is 19.5. The highest BCUT2D eigenvalue weighted by atomic mass is 32.2. The molecule has 0 bridgehead atoms. The summed E-state index contributed by atoms with van der Waals surface area (Å²) >= 11 is 0. The molecule has 2 heterocycles. The highest BCUT2D eigenvalue weighted by molar-refractivity contribution is 7.89. The van der Waals surface area contributed by atoms with Crippen LogP contribution in [-0.2, 0) is 26.0 Å². The number of methoxy groups -OCH3 is 1. The van der Waals surface area contributed by atoms with Gasteiger partial charge in [-0.15, -0.1) is 0 Å². The van der Waals surface area contributed by atoms with Crippen molar-refractivity contribution in [2.45, 2.75) is 30.2 Å². The van der Waals surface area contributed by atoms with E-state index in [0.29, 0.717) is 51.3 Å². The van der Waals surface area contributed by atoms with E-state index in [4.69, 9.17) is 4.74 Å². The first-order chi connectivity index (χ1) is 15.9. The maximum Gasteiger partial charge on any atom is 0.243 e. The molecule has 1 unspecified atom stereocenters. The van der Waals surface area contributed by atoms with Crippen LogP contribution in [0.4, 0.5) is 0 Å². The third-order valence-corrected chi connectivity index (χ3v) is 8.19. The van der Waals surface area contributed by atoms with Crippen molar-refractivity contribution in [1.82, 2.24) is 14.1 Å². The zero-order chi connectivity index (χ0) is 23.4. The van der Waals surface area contributed by atoms with E-state index in [-0.39, 0.29) is 23.1 Å². The number of carbonyl (C=O) groups is 2. The van der Waals surface area contributed by atoms with Gasteiger partial charge in [0.2, 0.25) is 21.8 Å². The zero-order valence-electron chi connectivity index (χ0n) is 18.7. The fraction of sp³-hybridized carbons (Fsp3) is 0.417. The number of piperazine rings is 1. The van der Waals surface area contributed by atoms with Crippen LogP contribution in [0.15, 0.2) is 59.5 Å². The first-order valence-electron chi connectivity index (χ1n) is 11.2. The molecule has 8 nitrogen and oxygen atoms in total. The second-order valence-corrected chi connectivity index (χ2v) is 10.2. The molecule has 9 heteroatoms. The monoisotopic (exact) mass is 471 g/mol. The van der Waals surface area contributed by atoms with Crippen LogP contribution >= 0.6 is 0 Å². The van der Waals surface area contributed by atoms with Gasteiger partial charge in [0.1, 0.15) is 11.8 Å². The molecule has 0 saturated carbocycles. The van der Waals surface area contributed by atoms with Crippen molar-refractivity contribution in [3.8, 4) is 5.75 Å². The van der Waals surface area contributed by atoms with Gasteiger partial charge in [-0.25, -0.2) is 8.42 Å². The highest BCUT2D eigenvalue weighted by Gasteiger charge is 2.41. The summed E-state index contributed by atoms with van der Waals surface area (Å²) < 4.78 is 32.7. The number of sulfonamides is 1. The molecular formula is C24H29N3O5S. The molecule has 0 N–H and O–H groups in total. The lowest BCUT2D eigenvalue weighted by atomic mass is 10.1. The van der Waals surface area contributed by atoms with E-state index >= 15 is 0 Å². The number of hydrogen-bond donors (Lipinski definition) is 0. The lowest BCUT2D eigenvalue weighted by Crippen LogP contribution is -2.55. The fourth-order valence-electron chi connectivity index (χ4n) is 4.46. The summed E-state index contributed by atoms with van der Waals surface area (Å²) in [6, 6.07) is 15.0. The molecule has 176 valence electrons. The molecule has 2 aromatic carbocycles. The van der Waals surface area contributed by atoms with E-state index in [9.17, 15) is 18.0 Å². The maximum atomic E-state index is 13.2. The second-order valence-electron chi connectivity index (χ2n) is 8.32. The van der Waals surface area contributed by atoms with Crippen LogP contribution in [-0.4, -0.2) is 80.2 Å². The number of nitrogens with zero attached hydrogens (tertiary/aromatic N) is 3. The average molecular weight is 472 g/mol. The molecule has 2 aliphatic heterocycles. The van der Waals surface area contributed by atoms with E-state index in [1.807, 2.05) is 24.3 Å². The molecule has 0 radical (unpaired) electrons. The Morgan fingerprint density at radius 3 is 2.33 bits per heavy atom. The van der Waals surface area contributed by atoms with Crippen molar-refractivity contribution in [3.63, 3.8) is 0 Å². The maximum absolute atomic E-state index is 13.2. The molecule has 0 spiro atoms. The van der Waals surface area contributed by atoms with Gasteiger partial charge in [-0.1, -0.05) is 30.3 Å². The van der Waals surface area contributed by atoms with Crippen molar-refractivity contribution >= 4 is 21.8 Å². The van der Waals surface area contributed by atoms with Crippen molar-refractivity contribution in [2.24, 2.45) is 0 Å². The van der Waals surface area contributed by atoms with Gasteiger partial charge >= 0.3 is 0 Å². The molecular weight excluding hydrogens is 442 g/mol. The summed E-state index contributed by atoms with van der Waals surface area (Å²) in [4.78, 5) is 29.6. The Labute approximate surface area is 194 Å². The summed E-state index contributed by atoms with van der Waals surface area (Å²) in [5.41, 5.74) is 0.880. The van der Waals surface area contributed by atoms with E-state index in [2.05, 4.69) is 0 Å². The van der Waals surface area contributed by atoms with E-state index < -0.39 is 16.1 Å². The molecule has 1 atom stereocenters. The number of amides is 2. The molecule has 2 aromatic rings. The van der Waals surface area contributed by atoms with E-state index in [1.165, 1.54) is 4.31 Å². The molecule has 33 heavy (non-hydrogen) atoms.